The Hall–Kier alpha value is -0.830. The van der Waals surface area contributed by atoms with E-state index in [2.05, 4.69) is 0 Å². The first-order valence-electron chi connectivity index (χ1n) is 5.69. The van der Waals surface area contributed by atoms with E-state index in [1.165, 1.54) is 6.08 Å². The van der Waals surface area contributed by atoms with Gasteiger partial charge < -0.3 is 9.84 Å². The van der Waals surface area contributed by atoms with Crippen molar-refractivity contribution in [2.75, 3.05) is 0 Å². The zero-order valence-corrected chi connectivity index (χ0v) is 11.2. The summed E-state index contributed by atoms with van der Waals surface area (Å²) in [7, 11) is 0. The molecule has 1 atom stereocenters. The number of esters is 1. The Balaban J connectivity index is 4.43. The molecule has 0 aliphatic heterocycles. The van der Waals surface area contributed by atoms with E-state index in [4.69, 9.17) is 4.74 Å². The van der Waals surface area contributed by atoms with E-state index in [9.17, 15) is 9.90 Å². The highest BCUT2D eigenvalue weighted by molar-refractivity contribution is 5.82. The van der Waals surface area contributed by atoms with Gasteiger partial charge in [-0.1, -0.05) is 26.8 Å². The molecule has 0 radical (unpaired) electrons. The van der Waals surface area contributed by atoms with Gasteiger partial charge in [-0.15, -0.1) is 0 Å². The zero-order valence-electron chi connectivity index (χ0n) is 11.2. The van der Waals surface area contributed by atoms with Gasteiger partial charge in [-0.2, -0.15) is 0 Å². The summed E-state index contributed by atoms with van der Waals surface area (Å²) in [6.07, 6.45) is 3.30. The van der Waals surface area contributed by atoms with Gasteiger partial charge in [-0.05, 0) is 27.2 Å². The average molecular weight is 228 g/mol. The van der Waals surface area contributed by atoms with Gasteiger partial charge >= 0.3 is 5.97 Å². The fourth-order valence-electron chi connectivity index (χ4n) is 1.26. The standard InChI is InChI=1S/C13H24O3/c1-7-10(14)13(5,6)9-8-11(15)16-12(2,3)4/h8-10,14H,7H2,1-6H3/b9-8+. The molecule has 1 N–H and O–H groups in total. The predicted octanol–water partition coefficient (Wildman–Crippen LogP) is 2.68. The lowest BCUT2D eigenvalue weighted by Gasteiger charge is -2.26. The highest BCUT2D eigenvalue weighted by Crippen LogP contribution is 2.24. The van der Waals surface area contributed by atoms with Gasteiger partial charge in [0.25, 0.3) is 0 Å². The fraction of sp³-hybridized carbons (Fsp3) is 0.769. The molecule has 0 fully saturated rings. The van der Waals surface area contributed by atoms with Gasteiger partial charge in [0.2, 0.25) is 0 Å². The molecule has 0 spiro atoms. The normalized spacial score (nSPS) is 15.2. The van der Waals surface area contributed by atoms with Crippen molar-refractivity contribution in [2.24, 2.45) is 5.41 Å². The Morgan fingerprint density at radius 2 is 1.81 bits per heavy atom. The molecule has 3 nitrogen and oxygen atoms in total. The number of carbonyl (C=O) groups excluding carboxylic acids is 1. The molecule has 1 unspecified atom stereocenters. The molecular formula is C13H24O3. The minimum Gasteiger partial charge on any atom is -0.457 e. The minimum atomic E-state index is -0.477. The van der Waals surface area contributed by atoms with Crippen molar-refractivity contribution >= 4 is 5.97 Å². The van der Waals surface area contributed by atoms with Gasteiger partial charge in [-0.25, -0.2) is 4.79 Å². The number of hydrogen-bond donors (Lipinski definition) is 1. The van der Waals surface area contributed by atoms with E-state index in [-0.39, 0.29) is 5.97 Å². The molecule has 3 heteroatoms. The van der Waals surface area contributed by atoms with E-state index in [1.54, 1.807) is 6.08 Å². The molecule has 0 amide bonds. The summed E-state index contributed by atoms with van der Waals surface area (Å²) in [6.45, 7) is 11.2. The summed E-state index contributed by atoms with van der Waals surface area (Å²) in [5, 5.41) is 9.73. The van der Waals surface area contributed by atoms with Crippen molar-refractivity contribution in [2.45, 2.75) is 59.7 Å². The van der Waals surface area contributed by atoms with Crippen molar-refractivity contribution in [3.8, 4) is 0 Å². The predicted molar refractivity (Wildman–Crippen MR) is 65.1 cm³/mol. The highest BCUT2D eigenvalue weighted by Gasteiger charge is 2.24. The molecule has 94 valence electrons. The lowest BCUT2D eigenvalue weighted by molar-refractivity contribution is -0.148. The van der Waals surface area contributed by atoms with Crippen LogP contribution in [0.25, 0.3) is 0 Å². The van der Waals surface area contributed by atoms with Gasteiger partial charge in [0.15, 0.2) is 0 Å². The number of hydrogen-bond acceptors (Lipinski definition) is 3. The van der Waals surface area contributed by atoms with Crippen LogP contribution in [0.5, 0.6) is 0 Å². The van der Waals surface area contributed by atoms with E-state index < -0.39 is 17.1 Å². The Bertz CT molecular complexity index is 259. The van der Waals surface area contributed by atoms with Crippen LogP contribution in [0.2, 0.25) is 0 Å². The molecule has 0 aliphatic carbocycles. The summed E-state index contributed by atoms with van der Waals surface area (Å²) in [5.41, 5.74) is -0.888. The van der Waals surface area contributed by atoms with Gasteiger partial charge in [0.05, 0.1) is 6.10 Å². The van der Waals surface area contributed by atoms with Crippen LogP contribution in [0, 0.1) is 5.41 Å². The van der Waals surface area contributed by atoms with Crippen molar-refractivity contribution < 1.29 is 14.6 Å². The van der Waals surface area contributed by atoms with Crippen molar-refractivity contribution in [3.05, 3.63) is 12.2 Å². The third-order valence-corrected chi connectivity index (χ3v) is 2.30. The van der Waals surface area contributed by atoms with Crippen molar-refractivity contribution in [1.29, 1.82) is 0 Å². The lowest BCUT2D eigenvalue weighted by Crippen LogP contribution is -2.27. The first-order chi connectivity index (χ1) is 7.08. The second-order valence-electron chi connectivity index (χ2n) is 5.61. The smallest absolute Gasteiger partial charge is 0.330 e. The Labute approximate surface area is 98.5 Å². The Kier molecular flexibility index (Phi) is 5.20. The molecule has 0 aromatic carbocycles. The number of rotatable bonds is 4. The maximum absolute atomic E-state index is 11.4. The molecule has 0 aliphatic rings. The maximum atomic E-state index is 11.4. The third-order valence-electron chi connectivity index (χ3n) is 2.30. The molecule has 0 aromatic heterocycles. The summed E-state index contributed by atoms with van der Waals surface area (Å²) in [4.78, 5) is 11.4. The maximum Gasteiger partial charge on any atom is 0.330 e. The second-order valence-corrected chi connectivity index (χ2v) is 5.61. The Morgan fingerprint density at radius 1 is 1.31 bits per heavy atom. The van der Waals surface area contributed by atoms with Crippen LogP contribution in [0.1, 0.15) is 48.0 Å². The molecule has 16 heavy (non-hydrogen) atoms. The first kappa shape index (κ1) is 15.2. The van der Waals surface area contributed by atoms with Crippen LogP contribution in [-0.2, 0) is 9.53 Å². The van der Waals surface area contributed by atoms with Crippen molar-refractivity contribution in [3.63, 3.8) is 0 Å². The summed E-state index contributed by atoms with van der Waals surface area (Å²) >= 11 is 0. The molecule has 0 aromatic rings. The molecular weight excluding hydrogens is 204 g/mol. The van der Waals surface area contributed by atoms with Crippen LogP contribution in [0.15, 0.2) is 12.2 Å². The lowest BCUT2D eigenvalue weighted by atomic mass is 9.85. The van der Waals surface area contributed by atoms with Crippen LogP contribution >= 0.6 is 0 Å². The fourth-order valence-corrected chi connectivity index (χ4v) is 1.26. The van der Waals surface area contributed by atoms with Gasteiger partial charge in [0.1, 0.15) is 5.60 Å². The van der Waals surface area contributed by atoms with Gasteiger partial charge in [-0.3, -0.25) is 0 Å². The van der Waals surface area contributed by atoms with E-state index in [0.29, 0.717) is 6.42 Å². The number of carbonyl (C=O) groups is 1. The number of aliphatic hydroxyl groups is 1. The molecule has 0 rings (SSSR count). The summed E-state index contributed by atoms with van der Waals surface area (Å²) < 4.78 is 5.14. The SMILES string of the molecule is CCC(O)C(C)(C)/C=C/C(=O)OC(C)(C)C. The zero-order chi connectivity index (χ0) is 13.0. The van der Waals surface area contributed by atoms with Crippen LogP contribution in [0.4, 0.5) is 0 Å². The van der Waals surface area contributed by atoms with Crippen molar-refractivity contribution in [1.82, 2.24) is 0 Å². The number of aliphatic hydroxyl groups excluding tert-OH is 1. The summed E-state index contributed by atoms with van der Waals surface area (Å²) in [5.74, 6) is -0.371. The quantitative estimate of drug-likeness (QED) is 0.594. The van der Waals surface area contributed by atoms with E-state index in [0.717, 1.165) is 0 Å². The van der Waals surface area contributed by atoms with Crippen LogP contribution in [0.3, 0.4) is 0 Å². The highest BCUT2D eigenvalue weighted by atomic mass is 16.6. The van der Waals surface area contributed by atoms with E-state index in [1.807, 2.05) is 41.5 Å². The minimum absolute atomic E-state index is 0.371. The Morgan fingerprint density at radius 3 is 2.19 bits per heavy atom. The average Bonchev–Trinajstić information content (AvgIpc) is 2.11. The van der Waals surface area contributed by atoms with Crippen LogP contribution < -0.4 is 0 Å². The largest absolute Gasteiger partial charge is 0.457 e. The van der Waals surface area contributed by atoms with E-state index >= 15 is 0 Å². The number of ether oxygens (including phenoxy) is 1. The van der Waals surface area contributed by atoms with Crippen LogP contribution in [-0.4, -0.2) is 22.8 Å². The molecule has 0 bridgehead atoms. The van der Waals surface area contributed by atoms with Gasteiger partial charge in [0, 0.05) is 11.5 Å². The second kappa shape index (κ2) is 5.48. The third kappa shape index (κ3) is 5.91. The summed E-state index contributed by atoms with van der Waals surface area (Å²) in [6, 6.07) is 0. The monoisotopic (exact) mass is 228 g/mol. The molecule has 0 saturated heterocycles. The molecule has 0 saturated carbocycles. The molecule has 0 heterocycles. The topological polar surface area (TPSA) is 46.5 Å². The first-order valence-corrected chi connectivity index (χ1v) is 5.69.